The average molecular weight is 487 g/mol. The molecule has 2 aromatic rings. The largest absolute Gasteiger partial charge is 0.365 e. The first-order valence-corrected chi connectivity index (χ1v) is 13.8. The van der Waals surface area contributed by atoms with Crippen LogP contribution in [-0.4, -0.2) is 72.0 Å². The molecule has 4 aliphatic heterocycles. The van der Waals surface area contributed by atoms with Crippen molar-refractivity contribution in [2.45, 2.75) is 76.5 Å². The molecule has 0 N–H and O–H groups in total. The first kappa shape index (κ1) is 23.4. The molecule has 6 nitrogen and oxygen atoms in total. The Bertz CT molecular complexity index is 1040. The Morgan fingerprint density at radius 1 is 0.611 bits per heavy atom. The van der Waals surface area contributed by atoms with E-state index in [1.165, 1.54) is 22.5 Å². The predicted octanol–water partition coefficient (Wildman–Crippen LogP) is 3.87. The number of nitrogens with zero attached hydrogens (tertiary/aromatic N) is 4. The Labute approximate surface area is 214 Å². The van der Waals surface area contributed by atoms with Gasteiger partial charge in [-0.1, -0.05) is 36.4 Å². The minimum absolute atomic E-state index is 0.304. The summed E-state index contributed by atoms with van der Waals surface area (Å²) < 4.78 is 0. The Balaban J connectivity index is 1.03. The van der Waals surface area contributed by atoms with Crippen molar-refractivity contribution in [2.24, 2.45) is 0 Å². The highest BCUT2D eigenvalue weighted by Crippen LogP contribution is 2.37. The third-order valence-electron chi connectivity index (χ3n) is 8.99. The number of fused-ring (bicyclic) bond motifs is 2. The van der Waals surface area contributed by atoms with Gasteiger partial charge in [0.25, 0.3) is 0 Å². The van der Waals surface area contributed by atoms with Crippen molar-refractivity contribution in [2.75, 3.05) is 36.0 Å². The lowest BCUT2D eigenvalue weighted by molar-refractivity contribution is -0.153. The molecule has 4 heterocycles. The fourth-order valence-electron chi connectivity index (χ4n) is 7.26. The Hall–Kier alpha value is -3.02. The monoisotopic (exact) mass is 486 g/mol. The van der Waals surface area contributed by atoms with E-state index in [2.05, 4.69) is 72.2 Å². The number of hydrogen-bond donors (Lipinski definition) is 0. The zero-order chi connectivity index (χ0) is 24.8. The normalized spacial score (nSPS) is 24.7. The Morgan fingerprint density at radius 3 is 1.36 bits per heavy atom. The molecule has 2 fully saturated rings. The standard InChI is InChI=1S/C30H38N4O2/c1-21-19-23-7-3-5-9-27(23)33(21)25-11-15-31(16-12-25)29(35)30(36)32-17-13-26(14-18-32)34-22(2)20-24-8-4-6-10-28(24)34/h3-10,21-22,25-26H,11-20H2,1-2H3. The summed E-state index contributed by atoms with van der Waals surface area (Å²) in [5.74, 6) is -0.608. The number of hydrogen-bond acceptors (Lipinski definition) is 4. The third-order valence-corrected chi connectivity index (χ3v) is 8.99. The summed E-state index contributed by atoms with van der Waals surface area (Å²) in [6.45, 7) is 7.26. The van der Waals surface area contributed by atoms with Gasteiger partial charge in [-0.05, 0) is 75.6 Å². The summed E-state index contributed by atoms with van der Waals surface area (Å²) in [5.41, 5.74) is 5.55. The lowest BCUT2D eigenvalue weighted by Crippen LogP contribution is -2.54. The number of benzene rings is 2. The molecule has 2 aromatic carbocycles. The molecule has 0 spiro atoms. The molecular weight excluding hydrogens is 448 g/mol. The lowest BCUT2D eigenvalue weighted by Gasteiger charge is -2.42. The molecule has 190 valence electrons. The average Bonchev–Trinajstić information content (AvgIpc) is 3.43. The van der Waals surface area contributed by atoms with Gasteiger partial charge in [0.2, 0.25) is 0 Å². The highest BCUT2D eigenvalue weighted by atomic mass is 16.2. The molecule has 2 amide bonds. The minimum Gasteiger partial charge on any atom is -0.365 e. The second kappa shape index (κ2) is 9.45. The van der Waals surface area contributed by atoms with E-state index >= 15 is 0 Å². The maximum absolute atomic E-state index is 13.2. The van der Waals surface area contributed by atoms with Crippen LogP contribution in [0.4, 0.5) is 11.4 Å². The smallest absolute Gasteiger partial charge is 0.312 e. The summed E-state index contributed by atoms with van der Waals surface area (Å²) >= 11 is 0. The lowest BCUT2D eigenvalue weighted by atomic mass is 10.0. The van der Waals surface area contributed by atoms with E-state index < -0.39 is 0 Å². The molecule has 6 rings (SSSR count). The molecule has 2 unspecified atom stereocenters. The van der Waals surface area contributed by atoms with E-state index in [1.54, 1.807) is 9.80 Å². The maximum atomic E-state index is 13.2. The third kappa shape index (κ3) is 4.04. The Kier molecular flexibility index (Phi) is 6.14. The summed E-state index contributed by atoms with van der Waals surface area (Å²) in [6.07, 6.45) is 5.87. The zero-order valence-corrected chi connectivity index (χ0v) is 21.6. The molecule has 6 heteroatoms. The van der Waals surface area contributed by atoms with E-state index in [4.69, 9.17) is 0 Å². The van der Waals surface area contributed by atoms with E-state index in [-0.39, 0.29) is 11.8 Å². The van der Waals surface area contributed by atoms with E-state index in [0.29, 0.717) is 50.3 Å². The molecule has 2 atom stereocenters. The van der Waals surface area contributed by atoms with Crippen molar-refractivity contribution >= 4 is 23.2 Å². The van der Waals surface area contributed by atoms with E-state index in [0.717, 1.165) is 38.5 Å². The number of likely N-dealkylation sites (tertiary alicyclic amines) is 2. The highest BCUT2D eigenvalue weighted by molar-refractivity contribution is 6.34. The van der Waals surface area contributed by atoms with Gasteiger partial charge in [0, 0.05) is 61.7 Å². The van der Waals surface area contributed by atoms with Crippen LogP contribution in [0.3, 0.4) is 0 Å². The van der Waals surface area contributed by atoms with Crippen LogP contribution < -0.4 is 9.80 Å². The number of carbonyl (C=O) groups is 2. The first-order valence-electron chi connectivity index (χ1n) is 13.8. The van der Waals surface area contributed by atoms with Crippen molar-refractivity contribution in [3.05, 3.63) is 59.7 Å². The first-order chi connectivity index (χ1) is 17.5. The van der Waals surface area contributed by atoms with Gasteiger partial charge < -0.3 is 19.6 Å². The van der Waals surface area contributed by atoms with Gasteiger partial charge in [-0.3, -0.25) is 9.59 Å². The van der Waals surface area contributed by atoms with Crippen LogP contribution in [0.15, 0.2) is 48.5 Å². The van der Waals surface area contributed by atoms with Crippen molar-refractivity contribution < 1.29 is 9.59 Å². The SMILES string of the molecule is CC1Cc2ccccc2N1C1CCN(C(=O)C(=O)N2CCC(N3c4ccccc4CC3C)CC2)CC1. The van der Waals surface area contributed by atoms with E-state index in [9.17, 15) is 9.59 Å². The van der Waals surface area contributed by atoms with E-state index in [1.807, 2.05) is 0 Å². The van der Waals surface area contributed by atoms with Crippen molar-refractivity contribution in [1.29, 1.82) is 0 Å². The second-order valence-corrected chi connectivity index (χ2v) is 11.2. The number of carbonyl (C=O) groups excluding carboxylic acids is 2. The van der Waals surface area contributed by atoms with Gasteiger partial charge in [0.1, 0.15) is 0 Å². The summed E-state index contributed by atoms with van der Waals surface area (Å²) in [4.78, 5) is 35.0. The number of amides is 2. The van der Waals surface area contributed by atoms with Crippen LogP contribution in [0.2, 0.25) is 0 Å². The van der Waals surface area contributed by atoms with Crippen LogP contribution >= 0.6 is 0 Å². The molecule has 0 bridgehead atoms. The fraction of sp³-hybridized carbons (Fsp3) is 0.533. The van der Waals surface area contributed by atoms with Gasteiger partial charge in [0.05, 0.1) is 0 Å². The quantitative estimate of drug-likeness (QED) is 0.605. The van der Waals surface area contributed by atoms with Crippen LogP contribution in [-0.2, 0) is 22.4 Å². The summed E-state index contributed by atoms with van der Waals surface area (Å²) in [5, 5.41) is 0. The predicted molar refractivity (Wildman–Crippen MR) is 143 cm³/mol. The molecule has 0 aliphatic carbocycles. The maximum Gasteiger partial charge on any atom is 0.312 e. The van der Waals surface area contributed by atoms with Crippen LogP contribution in [0.25, 0.3) is 0 Å². The fourth-order valence-corrected chi connectivity index (χ4v) is 7.26. The van der Waals surface area contributed by atoms with Gasteiger partial charge in [-0.25, -0.2) is 0 Å². The minimum atomic E-state index is -0.304. The van der Waals surface area contributed by atoms with Gasteiger partial charge in [-0.2, -0.15) is 0 Å². The van der Waals surface area contributed by atoms with Crippen molar-refractivity contribution in [1.82, 2.24) is 9.80 Å². The van der Waals surface area contributed by atoms with Crippen LogP contribution in [0.1, 0.15) is 50.7 Å². The number of piperidine rings is 2. The summed E-state index contributed by atoms with van der Waals surface area (Å²) in [6, 6.07) is 19.2. The van der Waals surface area contributed by atoms with Gasteiger partial charge in [0.15, 0.2) is 0 Å². The highest BCUT2D eigenvalue weighted by Gasteiger charge is 2.38. The number of anilines is 2. The van der Waals surface area contributed by atoms with Crippen LogP contribution in [0.5, 0.6) is 0 Å². The molecule has 36 heavy (non-hydrogen) atoms. The summed E-state index contributed by atoms with van der Waals surface area (Å²) in [7, 11) is 0. The second-order valence-electron chi connectivity index (χ2n) is 11.2. The molecule has 0 saturated carbocycles. The zero-order valence-electron chi connectivity index (χ0n) is 21.6. The molecule has 0 aromatic heterocycles. The van der Waals surface area contributed by atoms with Gasteiger partial charge >= 0.3 is 11.8 Å². The Morgan fingerprint density at radius 2 is 0.972 bits per heavy atom. The molecule has 4 aliphatic rings. The topological polar surface area (TPSA) is 47.1 Å². The van der Waals surface area contributed by atoms with Crippen LogP contribution in [0, 0.1) is 0 Å². The number of para-hydroxylation sites is 2. The molecule has 2 saturated heterocycles. The van der Waals surface area contributed by atoms with Crippen molar-refractivity contribution in [3.8, 4) is 0 Å². The molecule has 0 radical (unpaired) electrons. The van der Waals surface area contributed by atoms with Crippen molar-refractivity contribution in [3.63, 3.8) is 0 Å². The molecular formula is C30H38N4O2. The van der Waals surface area contributed by atoms with Gasteiger partial charge in [-0.15, -0.1) is 0 Å². The number of rotatable bonds is 2.